The molecule has 0 aliphatic heterocycles. The first-order valence-corrected chi connectivity index (χ1v) is 6.62. The number of esters is 1. The van der Waals surface area contributed by atoms with Crippen molar-refractivity contribution in [2.75, 3.05) is 13.7 Å². The molecule has 4 nitrogen and oxygen atoms in total. The minimum atomic E-state index is -0.528. The predicted molar refractivity (Wildman–Crippen MR) is 78.8 cm³/mol. The molecule has 0 fully saturated rings. The van der Waals surface area contributed by atoms with E-state index < -0.39 is 5.97 Å². The van der Waals surface area contributed by atoms with Crippen LogP contribution in [0.3, 0.4) is 0 Å². The second-order valence-corrected chi connectivity index (χ2v) is 4.33. The Hall–Kier alpha value is -2.62. The van der Waals surface area contributed by atoms with Crippen molar-refractivity contribution < 1.29 is 19.1 Å². The molecule has 2 aromatic rings. The van der Waals surface area contributed by atoms with E-state index in [2.05, 4.69) is 0 Å². The van der Waals surface area contributed by atoms with Crippen molar-refractivity contribution in [1.29, 1.82) is 0 Å². The van der Waals surface area contributed by atoms with E-state index in [1.807, 2.05) is 6.92 Å². The quantitative estimate of drug-likeness (QED) is 0.625. The Morgan fingerprint density at radius 2 is 1.71 bits per heavy atom. The van der Waals surface area contributed by atoms with Gasteiger partial charge in [-0.25, -0.2) is 4.79 Å². The molecule has 0 aromatic heterocycles. The fourth-order valence-electron chi connectivity index (χ4n) is 2.02. The minimum Gasteiger partial charge on any atom is -0.494 e. The van der Waals surface area contributed by atoms with E-state index in [9.17, 15) is 9.59 Å². The first-order valence-electron chi connectivity index (χ1n) is 6.62. The molecule has 0 bridgehead atoms. The van der Waals surface area contributed by atoms with Gasteiger partial charge in [0, 0.05) is 11.1 Å². The lowest BCUT2D eigenvalue weighted by atomic mass is 9.98. The molecule has 0 aliphatic rings. The maximum Gasteiger partial charge on any atom is 0.338 e. The van der Waals surface area contributed by atoms with Crippen LogP contribution < -0.4 is 4.74 Å². The van der Waals surface area contributed by atoms with Crippen LogP contribution in [-0.4, -0.2) is 25.5 Å². The van der Waals surface area contributed by atoms with Crippen molar-refractivity contribution in [3.05, 3.63) is 65.2 Å². The average molecular weight is 284 g/mol. The molecule has 4 heteroatoms. The summed E-state index contributed by atoms with van der Waals surface area (Å²) in [6, 6.07) is 13.5. The highest BCUT2D eigenvalue weighted by atomic mass is 16.5. The van der Waals surface area contributed by atoms with Gasteiger partial charge in [-0.3, -0.25) is 4.79 Å². The number of hydrogen-bond acceptors (Lipinski definition) is 4. The van der Waals surface area contributed by atoms with Crippen LogP contribution in [0.25, 0.3) is 0 Å². The maximum atomic E-state index is 12.6. The first kappa shape index (κ1) is 14.8. The fraction of sp³-hybridized carbons (Fsp3) is 0.176. The summed E-state index contributed by atoms with van der Waals surface area (Å²) in [6.45, 7) is 2.40. The molecule has 0 saturated heterocycles. The zero-order valence-corrected chi connectivity index (χ0v) is 12.0. The van der Waals surface area contributed by atoms with E-state index in [1.165, 1.54) is 7.11 Å². The number of carbonyl (C=O) groups excluding carboxylic acids is 2. The largest absolute Gasteiger partial charge is 0.494 e. The fourth-order valence-corrected chi connectivity index (χ4v) is 2.02. The summed E-state index contributed by atoms with van der Waals surface area (Å²) in [4.78, 5) is 24.3. The van der Waals surface area contributed by atoms with Crippen LogP contribution in [0, 0.1) is 0 Å². The molecule has 0 aliphatic carbocycles. The Morgan fingerprint density at radius 1 is 1.00 bits per heavy atom. The summed E-state index contributed by atoms with van der Waals surface area (Å²) in [5.41, 5.74) is 1.04. The number of rotatable bonds is 5. The molecular weight excluding hydrogens is 268 g/mol. The van der Waals surface area contributed by atoms with E-state index in [0.717, 1.165) is 0 Å². The molecule has 0 unspecified atom stereocenters. The smallest absolute Gasteiger partial charge is 0.338 e. The third-order valence-corrected chi connectivity index (χ3v) is 2.98. The zero-order valence-electron chi connectivity index (χ0n) is 12.0. The van der Waals surface area contributed by atoms with Crippen LogP contribution >= 0.6 is 0 Å². The number of ketones is 1. The first-order chi connectivity index (χ1) is 10.2. The van der Waals surface area contributed by atoms with Gasteiger partial charge >= 0.3 is 5.97 Å². The summed E-state index contributed by atoms with van der Waals surface area (Å²) < 4.78 is 10.1. The number of methoxy groups -OCH3 is 1. The van der Waals surface area contributed by atoms with Crippen LogP contribution in [0.15, 0.2) is 48.5 Å². The Morgan fingerprint density at radius 3 is 2.38 bits per heavy atom. The van der Waals surface area contributed by atoms with E-state index in [-0.39, 0.29) is 11.3 Å². The highest BCUT2D eigenvalue weighted by molar-refractivity contribution is 6.14. The zero-order chi connectivity index (χ0) is 15.2. The Kier molecular flexibility index (Phi) is 4.72. The number of benzene rings is 2. The summed E-state index contributed by atoms with van der Waals surface area (Å²) >= 11 is 0. The molecule has 2 rings (SSSR count). The Balaban J connectivity index is 2.41. The lowest BCUT2D eigenvalue weighted by molar-refractivity contribution is 0.0597. The number of hydrogen-bond donors (Lipinski definition) is 0. The lowest BCUT2D eigenvalue weighted by Gasteiger charge is -2.08. The van der Waals surface area contributed by atoms with Gasteiger partial charge in [-0.2, -0.15) is 0 Å². The second-order valence-electron chi connectivity index (χ2n) is 4.33. The molecule has 0 saturated carbocycles. The minimum absolute atomic E-state index is 0.238. The topological polar surface area (TPSA) is 52.6 Å². The molecule has 2 aromatic carbocycles. The number of carbonyl (C=O) groups is 2. The third-order valence-electron chi connectivity index (χ3n) is 2.98. The summed E-state index contributed by atoms with van der Waals surface area (Å²) in [6.07, 6.45) is 0. The van der Waals surface area contributed by atoms with Crippen molar-refractivity contribution in [3.63, 3.8) is 0 Å². The highest BCUT2D eigenvalue weighted by Gasteiger charge is 2.18. The van der Waals surface area contributed by atoms with Gasteiger partial charge in [-0.15, -0.1) is 0 Å². The van der Waals surface area contributed by atoms with Gasteiger partial charge in [0.2, 0.25) is 0 Å². The van der Waals surface area contributed by atoms with Crippen molar-refractivity contribution in [2.45, 2.75) is 6.92 Å². The molecule has 0 radical (unpaired) electrons. The molecule has 0 amide bonds. The van der Waals surface area contributed by atoms with E-state index in [0.29, 0.717) is 23.5 Å². The third kappa shape index (κ3) is 3.28. The summed E-state index contributed by atoms with van der Waals surface area (Å²) in [5.74, 6) is -0.142. The van der Waals surface area contributed by atoms with Crippen molar-refractivity contribution in [2.24, 2.45) is 0 Å². The highest BCUT2D eigenvalue weighted by Crippen LogP contribution is 2.19. The van der Waals surface area contributed by atoms with Gasteiger partial charge in [-0.05, 0) is 25.1 Å². The standard InChI is InChI=1S/C17H16O4/c1-3-21-13-8-6-7-12(11-13)16(18)14-9-4-5-10-15(14)17(19)20-2/h4-11H,3H2,1-2H3. The van der Waals surface area contributed by atoms with Gasteiger partial charge in [-0.1, -0.05) is 30.3 Å². The Labute approximate surface area is 123 Å². The van der Waals surface area contributed by atoms with Crippen molar-refractivity contribution >= 4 is 11.8 Å². The average Bonchev–Trinajstić information content (AvgIpc) is 2.54. The summed E-state index contributed by atoms with van der Waals surface area (Å²) in [7, 11) is 1.29. The molecule has 0 heterocycles. The lowest BCUT2D eigenvalue weighted by Crippen LogP contribution is -2.11. The van der Waals surface area contributed by atoms with Crippen molar-refractivity contribution in [3.8, 4) is 5.75 Å². The predicted octanol–water partition coefficient (Wildman–Crippen LogP) is 3.10. The SMILES string of the molecule is CCOc1cccc(C(=O)c2ccccc2C(=O)OC)c1. The van der Waals surface area contributed by atoms with Gasteiger partial charge in [0.15, 0.2) is 5.78 Å². The molecule has 0 atom stereocenters. The van der Waals surface area contributed by atoms with E-state index in [4.69, 9.17) is 9.47 Å². The van der Waals surface area contributed by atoms with Gasteiger partial charge in [0.05, 0.1) is 19.3 Å². The van der Waals surface area contributed by atoms with Crippen LogP contribution in [0.4, 0.5) is 0 Å². The Bertz CT molecular complexity index is 661. The van der Waals surface area contributed by atoms with Crippen LogP contribution in [0.5, 0.6) is 5.75 Å². The van der Waals surface area contributed by atoms with Gasteiger partial charge in [0.1, 0.15) is 5.75 Å². The van der Waals surface area contributed by atoms with E-state index in [1.54, 1.807) is 48.5 Å². The van der Waals surface area contributed by atoms with E-state index >= 15 is 0 Å². The van der Waals surface area contributed by atoms with Gasteiger partial charge in [0.25, 0.3) is 0 Å². The normalized spacial score (nSPS) is 10.0. The monoisotopic (exact) mass is 284 g/mol. The second kappa shape index (κ2) is 6.70. The number of ether oxygens (including phenoxy) is 2. The molecule has 0 spiro atoms. The molecule has 0 N–H and O–H groups in total. The van der Waals surface area contributed by atoms with Crippen LogP contribution in [0.1, 0.15) is 33.2 Å². The van der Waals surface area contributed by atoms with Crippen LogP contribution in [-0.2, 0) is 4.74 Å². The molecule has 108 valence electrons. The van der Waals surface area contributed by atoms with Gasteiger partial charge < -0.3 is 9.47 Å². The molecular formula is C17H16O4. The van der Waals surface area contributed by atoms with Crippen LogP contribution in [0.2, 0.25) is 0 Å². The van der Waals surface area contributed by atoms with Crippen molar-refractivity contribution in [1.82, 2.24) is 0 Å². The maximum absolute atomic E-state index is 12.6. The molecule has 21 heavy (non-hydrogen) atoms. The summed E-state index contributed by atoms with van der Waals surface area (Å²) in [5, 5.41) is 0.